The van der Waals surface area contributed by atoms with Gasteiger partial charge in [0.25, 0.3) is 5.91 Å². The first kappa shape index (κ1) is 16.1. The van der Waals surface area contributed by atoms with Gasteiger partial charge in [-0.05, 0) is 43.5 Å². The quantitative estimate of drug-likeness (QED) is 0.858. The molecule has 1 fully saturated rings. The van der Waals surface area contributed by atoms with Gasteiger partial charge in [-0.25, -0.2) is 0 Å². The molecule has 21 heavy (non-hydrogen) atoms. The molecule has 116 valence electrons. The van der Waals surface area contributed by atoms with Crippen LogP contribution < -0.4 is 4.74 Å². The predicted molar refractivity (Wildman–Crippen MR) is 83.0 cm³/mol. The van der Waals surface area contributed by atoms with Crippen molar-refractivity contribution in [3.05, 3.63) is 28.3 Å². The molecule has 5 heteroatoms. The Labute approximate surface area is 131 Å². The van der Waals surface area contributed by atoms with Gasteiger partial charge in [-0.1, -0.05) is 18.5 Å². The third kappa shape index (κ3) is 3.89. The fraction of sp³-hybridized carbons (Fsp3) is 0.562. The summed E-state index contributed by atoms with van der Waals surface area (Å²) in [5.41, 5.74) is 1.92. The monoisotopic (exact) mass is 311 g/mol. The van der Waals surface area contributed by atoms with Crippen molar-refractivity contribution >= 4 is 17.5 Å². The van der Waals surface area contributed by atoms with Gasteiger partial charge in [-0.15, -0.1) is 0 Å². The first-order chi connectivity index (χ1) is 10.0. The number of hydrogen-bond acceptors (Lipinski definition) is 3. The summed E-state index contributed by atoms with van der Waals surface area (Å²) in [6, 6.07) is 3.76. The summed E-state index contributed by atoms with van der Waals surface area (Å²) in [5, 5.41) is 0.745. The molecule has 0 aromatic heterocycles. The summed E-state index contributed by atoms with van der Waals surface area (Å²) >= 11 is 6.16. The van der Waals surface area contributed by atoms with Crippen LogP contribution in [0.1, 0.15) is 24.5 Å². The Morgan fingerprint density at radius 2 is 1.90 bits per heavy atom. The van der Waals surface area contributed by atoms with E-state index >= 15 is 0 Å². The number of carbonyl (C=O) groups excluding carboxylic acids is 1. The van der Waals surface area contributed by atoms with Gasteiger partial charge in [-0.3, -0.25) is 4.79 Å². The maximum absolute atomic E-state index is 12.5. The van der Waals surface area contributed by atoms with Crippen molar-refractivity contribution in [1.29, 1.82) is 0 Å². The largest absolute Gasteiger partial charge is 0.481 e. The van der Waals surface area contributed by atoms with E-state index in [0.717, 1.165) is 16.1 Å². The summed E-state index contributed by atoms with van der Waals surface area (Å²) in [5.74, 6) is 0.730. The second kappa shape index (κ2) is 7.14. The minimum Gasteiger partial charge on any atom is -0.481 e. The summed E-state index contributed by atoms with van der Waals surface area (Å²) in [7, 11) is 0. The van der Waals surface area contributed by atoms with Gasteiger partial charge in [0.05, 0.1) is 13.2 Å². The van der Waals surface area contributed by atoms with Crippen molar-refractivity contribution in [2.75, 3.05) is 26.3 Å². The summed E-state index contributed by atoms with van der Waals surface area (Å²) in [4.78, 5) is 14.3. The van der Waals surface area contributed by atoms with Crippen LogP contribution in [-0.4, -0.2) is 43.2 Å². The van der Waals surface area contributed by atoms with E-state index in [1.165, 1.54) is 0 Å². The Balaban J connectivity index is 2.09. The van der Waals surface area contributed by atoms with Gasteiger partial charge in [-0.2, -0.15) is 0 Å². The van der Waals surface area contributed by atoms with Crippen LogP contribution in [0.4, 0.5) is 0 Å². The molecule has 0 aliphatic carbocycles. The van der Waals surface area contributed by atoms with Crippen LogP contribution in [0.25, 0.3) is 0 Å². The SMILES string of the molecule is CC[C@H](Oc1cc(C)c(Cl)c(C)c1)C(=O)N1CCOCC1. The van der Waals surface area contributed by atoms with E-state index < -0.39 is 6.10 Å². The molecule has 0 saturated carbocycles. The first-order valence-corrected chi connectivity index (χ1v) is 7.70. The fourth-order valence-corrected chi connectivity index (χ4v) is 2.54. The van der Waals surface area contributed by atoms with Crippen LogP contribution in [0.15, 0.2) is 12.1 Å². The molecule has 4 nitrogen and oxygen atoms in total. The standard InChI is InChI=1S/C16H22ClNO3/c1-4-14(16(19)18-5-7-20-8-6-18)21-13-9-11(2)15(17)12(3)10-13/h9-10,14H,4-8H2,1-3H3/t14-/m0/s1. The molecule has 2 rings (SSSR count). The number of morpholine rings is 1. The van der Waals surface area contributed by atoms with Gasteiger partial charge in [0.1, 0.15) is 5.75 Å². The Morgan fingerprint density at radius 1 is 1.33 bits per heavy atom. The van der Waals surface area contributed by atoms with Crippen LogP contribution in [0.2, 0.25) is 5.02 Å². The lowest BCUT2D eigenvalue weighted by molar-refractivity contribution is -0.142. The topological polar surface area (TPSA) is 38.8 Å². The highest BCUT2D eigenvalue weighted by Gasteiger charge is 2.26. The van der Waals surface area contributed by atoms with Crippen LogP contribution in [-0.2, 0) is 9.53 Å². The Hall–Kier alpha value is -1.26. The smallest absolute Gasteiger partial charge is 0.263 e. The van der Waals surface area contributed by atoms with Crippen molar-refractivity contribution in [3.8, 4) is 5.75 Å². The van der Waals surface area contributed by atoms with Gasteiger partial charge in [0.2, 0.25) is 0 Å². The number of aryl methyl sites for hydroxylation is 2. The van der Waals surface area contributed by atoms with Crippen LogP contribution in [0.3, 0.4) is 0 Å². The number of carbonyl (C=O) groups is 1. The number of hydrogen-bond donors (Lipinski definition) is 0. The number of rotatable bonds is 4. The predicted octanol–water partition coefficient (Wildman–Crippen LogP) is 2.97. The molecule has 0 N–H and O–H groups in total. The van der Waals surface area contributed by atoms with Crippen molar-refractivity contribution in [1.82, 2.24) is 4.90 Å². The third-order valence-electron chi connectivity index (χ3n) is 3.66. The zero-order chi connectivity index (χ0) is 15.4. The van der Waals surface area contributed by atoms with Gasteiger partial charge >= 0.3 is 0 Å². The van der Waals surface area contributed by atoms with E-state index in [0.29, 0.717) is 38.5 Å². The second-order valence-electron chi connectivity index (χ2n) is 5.32. The van der Waals surface area contributed by atoms with Crippen molar-refractivity contribution in [2.24, 2.45) is 0 Å². The molecule has 0 radical (unpaired) electrons. The van der Waals surface area contributed by atoms with Crippen LogP contribution in [0.5, 0.6) is 5.75 Å². The maximum Gasteiger partial charge on any atom is 0.263 e. The van der Waals surface area contributed by atoms with E-state index in [-0.39, 0.29) is 5.91 Å². The second-order valence-corrected chi connectivity index (χ2v) is 5.70. The number of halogens is 1. The van der Waals surface area contributed by atoms with E-state index in [9.17, 15) is 4.79 Å². The molecule has 1 aromatic rings. The first-order valence-electron chi connectivity index (χ1n) is 7.33. The molecule has 0 bridgehead atoms. The van der Waals surface area contributed by atoms with E-state index in [2.05, 4.69) is 0 Å². The molecular weight excluding hydrogens is 290 g/mol. The lowest BCUT2D eigenvalue weighted by Crippen LogP contribution is -2.47. The Bertz CT molecular complexity index is 489. The number of nitrogens with zero attached hydrogens (tertiary/aromatic N) is 1. The highest BCUT2D eigenvalue weighted by atomic mass is 35.5. The zero-order valence-corrected chi connectivity index (χ0v) is 13.6. The lowest BCUT2D eigenvalue weighted by Gasteiger charge is -2.30. The van der Waals surface area contributed by atoms with Crippen LogP contribution in [0, 0.1) is 13.8 Å². The summed E-state index contributed by atoms with van der Waals surface area (Å²) < 4.78 is 11.2. The average Bonchev–Trinajstić information content (AvgIpc) is 2.50. The molecule has 0 spiro atoms. The van der Waals surface area contributed by atoms with Crippen LogP contribution >= 0.6 is 11.6 Å². The molecule has 1 atom stereocenters. The number of ether oxygens (including phenoxy) is 2. The van der Waals surface area contributed by atoms with Crippen molar-refractivity contribution < 1.29 is 14.3 Å². The highest BCUT2D eigenvalue weighted by Crippen LogP contribution is 2.27. The number of benzene rings is 1. The zero-order valence-electron chi connectivity index (χ0n) is 12.8. The molecule has 1 amide bonds. The van der Waals surface area contributed by atoms with Gasteiger partial charge in [0, 0.05) is 18.1 Å². The Morgan fingerprint density at radius 3 is 2.43 bits per heavy atom. The van der Waals surface area contributed by atoms with Crippen molar-refractivity contribution in [2.45, 2.75) is 33.3 Å². The molecular formula is C16H22ClNO3. The maximum atomic E-state index is 12.5. The third-order valence-corrected chi connectivity index (χ3v) is 4.25. The molecule has 1 aromatic carbocycles. The molecule has 1 aliphatic heterocycles. The molecule has 1 heterocycles. The minimum absolute atomic E-state index is 0.0334. The van der Waals surface area contributed by atoms with E-state index in [4.69, 9.17) is 21.1 Å². The number of amides is 1. The minimum atomic E-state index is -0.455. The average molecular weight is 312 g/mol. The Kier molecular flexibility index (Phi) is 5.48. The normalized spacial score (nSPS) is 16.7. The highest BCUT2D eigenvalue weighted by molar-refractivity contribution is 6.32. The van der Waals surface area contributed by atoms with E-state index in [1.54, 1.807) is 0 Å². The van der Waals surface area contributed by atoms with Gasteiger partial charge in [0.15, 0.2) is 6.10 Å². The summed E-state index contributed by atoms with van der Waals surface area (Å²) in [6.07, 6.45) is 0.180. The lowest BCUT2D eigenvalue weighted by atomic mass is 10.1. The van der Waals surface area contributed by atoms with Crippen molar-refractivity contribution in [3.63, 3.8) is 0 Å². The summed E-state index contributed by atoms with van der Waals surface area (Å²) in [6.45, 7) is 8.30. The van der Waals surface area contributed by atoms with E-state index in [1.807, 2.05) is 37.8 Å². The fourth-order valence-electron chi connectivity index (χ4n) is 2.43. The van der Waals surface area contributed by atoms with Gasteiger partial charge < -0.3 is 14.4 Å². The molecule has 1 saturated heterocycles. The molecule has 0 unspecified atom stereocenters. The molecule has 1 aliphatic rings.